The van der Waals surface area contributed by atoms with Crippen molar-refractivity contribution in [2.24, 2.45) is 0 Å². The Hall–Kier alpha value is -3.00. The second-order valence-electron chi connectivity index (χ2n) is 3.49. The second-order valence-corrected chi connectivity index (χ2v) is 3.49. The van der Waals surface area contributed by atoms with Gasteiger partial charge in [0.1, 0.15) is 17.7 Å². The minimum atomic E-state index is -4.63. The van der Waals surface area contributed by atoms with E-state index in [0.717, 1.165) is 12.3 Å². The summed E-state index contributed by atoms with van der Waals surface area (Å²) in [6, 6.07) is 4.98. The Kier molecular flexibility index (Phi) is 4.34. The maximum Gasteiger partial charge on any atom is 0.416 e. The Morgan fingerprint density at radius 2 is 1.90 bits per heavy atom. The van der Waals surface area contributed by atoms with Gasteiger partial charge in [-0.1, -0.05) is 0 Å². The van der Waals surface area contributed by atoms with Crippen molar-refractivity contribution >= 4 is 11.7 Å². The predicted octanol–water partition coefficient (Wildman–Crippen LogP) is 2.75. The normalized spacial score (nSPS) is 10.1. The predicted molar refractivity (Wildman–Crippen MR) is 61.3 cm³/mol. The molecule has 0 aliphatic rings. The van der Waals surface area contributed by atoms with Gasteiger partial charge in [-0.15, -0.1) is 0 Å². The van der Waals surface area contributed by atoms with Crippen LogP contribution < -0.4 is 5.32 Å². The molecule has 0 aliphatic carbocycles. The fourth-order valence-electron chi connectivity index (χ4n) is 1.27. The van der Waals surface area contributed by atoms with Crippen LogP contribution in [0.15, 0.2) is 30.0 Å². The lowest BCUT2D eigenvalue weighted by atomic mass is 10.1. The molecule has 102 valence electrons. The minimum absolute atomic E-state index is 0.365. The standard InChI is InChI=1S/C12H6F3N3O2/c13-12(14,15)8-1-2-9(11(19)20)10(3-8)18-6-7(4-16)5-17/h1-3,6,18H,(H,19,20). The molecule has 0 saturated carbocycles. The number of nitrogens with one attached hydrogen (secondary N) is 1. The molecule has 1 aromatic carbocycles. The first-order valence-corrected chi connectivity index (χ1v) is 5.01. The fraction of sp³-hybridized carbons (Fsp3) is 0.0833. The van der Waals surface area contributed by atoms with Crippen molar-refractivity contribution in [1.29, 1.82) is 10.5 Å². The number of benzene rings is 1. The summed E-state index contributed by atoms with van der Waals surface area (Å²) in [5, 5.41) is 28.1. The molecule has 0 radical (unpaired) electrons. The number of nitriles is 2. The average Bonchev–Trinajstić information content (AvgIpc) is 2.38. The molecule has 0 amide bonds. The van der Waals surface area contributed by atoms with E-state index in [9.17, 15) is 18.0 Å². The number of hydrogen-bond acceptors (Lipinski definition) is 4. The van der Waals surface area contributed by atoms with E-state index < -0.39 is 28.8 Å². The van der Waals surface area contributed by atoms with Gasteiger partial charge in [-0.2, -0.15) is 23.7 Å². The Labute approximate surface area is 111 Å². The van der Waals surface area contributed by atoms with Crippen LogP contribution >= 0.6 is 0 Å². The van der Waals surface area contributed by atoms with E-state index in [1.54, 1.807) is 0 Å². The lowest BCUT2D eigenvalue weighted by molar-refractivity contribution is -0.137. The molecule has 0 saturated heterocycles. The molecule has 1 rings (SSSR count). The molecule has 0 fully saturated rings. The van der Waals surface area contributed by atoms with Gasteiger partial charge in [-0.25, -0.2) is 4.79 Å². The van der Waals surface area contributed by atoms with Crippen LogP contribution in [0.5, 0.6) is 0 Å². The van der Waals surface area contributed by atoms with E-state index in [4.69, 9.17) is 15.6 Å². The summed E-state index contributed by atoms with van der Waals surface area (Å²) in [5.74, 6) is -1.44. The van der Waals surface area contributed by atoms with Gasteiger partial charge in [0.2, 0.25) is 0 Å². The van der Waals surface area contributed by atoms with Crippen molar-refractivity contribution in [3.05, 3.63) is 41.1 Å². The maximum atomic E-state index is 12.5. The number of aromatic carboxylic acids is 1. The Morgan fingerprint density at radius 1 is 1.30 bits per heavy atom. The van der Waals surface area contributed by atoms with Gasteiger partial charge in [0.05, 0.1) is 16.8 Å². The first kappa shape index (κ1) is 15.1. The van der Waals surface area contributed by atoms with Crippen molar-refractivity contribution in [1.82, 2.24) is 0 Å². The van der Waals surface area contributed by atoms with Crippen molar-refractivity contribution in [2.45, 2.75) is 6.18 Å². The van der Waals surface area contributed by atoms with E-state index in [2.05, 4.69) is 5.32 Å². The molecule has 0 aliphatic heterocycles. The van der Waals surface area contributed by atoms with Gasteiger partial charge >= 0.3 is 12.1 Å². The molecule has 0 bridgehead atoms. The monoisotopic (exact) mass is 281 g/mol. The summed E-state index contributed by atoms with van der Waals surface area (Å²) in [7, 11) is 0. The number of rotatable bonds is 3. The first-order chi connectivity index (χ1) is 9.29. The van der Waals surface area contributed by atoms with Crippen molar-refractivity contribution in [3.8, 4) is 12.1 Å². The summed E-state index contributed by atoms with van der Waals surface area (Å²) < 4.78 is 37.6. The summed E-state index contributed by atoms with van der Waals surface area (Å²) in [6.07, 6.45) is -3.80. The first-order valence-electron chi connectivity index (χ1n) is 5.01. The quantitative estimate of drug-likeness (QED) is 0.830. The Morgan fingerprint density at radius 3 is 2.35 bits per heavy atom. The molecule has 20 heavy (non-hydrogen) atoms. The molecular formula is C12H6F3N3O2. The second kappa shape index (κ2) is 5.76. The summed E-state index contributed by atoms with van der Waals surface area (Å²) in [5.41, 5.74) is -2.23. The van der Waals surface area contributed by atoms with E-state index in [1.807, 2.05) is 0 Å². The number of carbonyl (C=O) groups is 1. The number of alkyl halides is 3. The zero-order chi connectivity index (χ0) is 15.3. The third-order valence-corrected chi connectivity index (χ3v) is 2.19. The fourth-order valence-corrected chi connectivity index (χ4v) is 1.27. The highest BCUT2D eigenvalue weighted by molar-refractivity contribution is 5.94. The topological polar surface area (TPSA) is 96.9 Å². The summed E-state index contributed by atoms with van der Waals surface area (Å²) in [4.78, 5) is 10.9. The average molecular weight is 281 g/mol. The highest BCUT2D eigenvalue weighted by atomic mass is 19.4. The molecule has 0 aromatic heterocycles. The van der Waals surface area contributed by atoms with Crippen molar-refractivity contribution in [3.63, 3.8) is 0 Å². The van der Waals surface area contributed by atoms with Gasteiger partial charge < -0.3 is 10.4 Å². The van der Waals surface area contributed by atoms with Gasteiger partial charge in [0.15, 0.2) is 0 Å². The largest absolute Gasteiger partial charge is 0.478 e. The SMILES string of the molecule is N#CC(C#N)=CNc1cc(C(F)(F)F)ccc1C(=O)O. The molecule has 5 nitrogen and oxygen atoms in total. The van der Waals surface area contributed by atoms with Crippen LogP contribution in [0.3, 0.4) is 0 Å². The highest BCUT2D eigenvalue weighted by Crippen LogP contribution is 2.32. The lowest BCUT2D eigenvalue weighted by Crippen LogP contribution is -2.09. The van der Waals surface area contributed by atoms with Crippen LogP contribution in [0, 0.1) is 22.7 Å². The Bertz CT molecular complexity index is 635. The lowest BCUT2D eigenvalue weighted by Gasteiger charge is -2.11. The van der Waals surface area contributed by atoms with Gasteiger partial charge in [0.25, 0.3) is 0 Å². The molecule has 1 aromatic rings. The van der Waals surface area contributed by atoms with Crippen LogP contribution in [-0.2, 0) is 6.18 Å². The van der Waals surface area contributed by atoms with Crippen LogP contribution in [0.4, 0.5) is 18.9 Å². The highest BCUT2D eigenvalue weighted by Gasteiger charge is 2.31. The van der Waals surface area contributed by atoms with Crippen LogP contribution in [-0.4, -0.2) is 11.1 Å². The number of carboxylic acids is 1. The summed E-state index contributed by atoms with van der Waals surface area (Å²) in [6.45, 7) is 0. The number of hydrogen-bond donors (Lipinski definition) is 2. The number of anilines is 1. The van der Waals surface area contributed by atoms with E-state index in [1.165, 1.54) is 12.1 Å². The molecule has 0 unspecified atom stereocenters. The molecular weight excluding hydrogens is 275 g/mol. The van der Waals surface area contributed by atoms with Crippen molar-refractivity contribution < 1.29 is 23.1 Å². The van der Waals surface area contributed by atoms with Gasteiger partial charge in [-0.3, -0.25) is 0 Å². The van der Waals surface area contributed by atoms with Crippen LogP contribution in [0.1, 0.15) is 15.9 Å². The smallest absolute Gasteiger partial charge is 0.416 e. The third kappa shape index (κ3) is 3.50. The zero-order valence-corrected chi connectivity index (χ0v) is 9.69. The minimum Gasteiger partial charge on any atom is -0.478 e. The van der Waals surface area contributed by atoms with Gasteiger partial charge in [-0.05, 0) is 18.2 Å². The Balaban J connectivity index is 3.28. The summed E-state index contributed by atoms with van der Waals surface area (Å²) >= 11 is 0. The van der Waals surface area contributed by atoms with Crippen molar-refractivity contribution in [2.75, 3.05) is 5.32 Å². The molecule has 0 atom stereocenters. The molecule has 8 heteroatoms. The number of nitrogens with zero attached hydrogens (tertiary/aromatic N) is 2. The molecule has 0 spiro atoms. The van der Waals surface area contributed by atoms with Crippen LogP contribution in [0.25, 0.3) is 0 Å². The van der Waals surface area contributed by atoms with E-state index >= 15 is 0 Å². The zero-order valence-electron chi connectivity index (χ0n) is 9.69. The van der Waals surface area contributed by atoms with Crippen LogP contribution in [0.2, 0.25) is 0 Å². The number of allylic oxidation sites excluding steroid dienone is 1. The number of carboxylic acid groups (broad SMARTS) is 1. The number of halogens is 3. The van der Waals surface area contributed by atoms with E-state index in [0.29, 0.717) is 12.1 Å². The maximum absolute atomic E-state index is 12.5. The molecule has 2 N–H and O–H groups in total. The third-order valence-electron chi connectivity index (χ3n) is 2.19. The van der Waals surface area contributed by atoms with E-state index in [-0.39, 0.29) is 5.69 Å². The van der Waals surface area contributed by atoms with Gasteiger partial charge in [0, 0.05) is 6.20 Å². The molecule has 0 heterocycles.